The third kappa shape index (κ3) is 10.9. The Morgan fingerprint density at radius 2 is 0.600 bits per heavy atom. The minimum absolute atomic E-state index is 0.131. The molecule has 0 aliphatic carbocycles. The molecule has 0 aromatic heterocycles. The fourth-order valence-electron chi connectivity index (χ4n) is 7.29. The molecule has 65 heavy (non-hydrogen) atoms. The first-order valence-corrected chi connectivity index (χ1v) is 19.3. The molecule has 5 rings (SSSR count). The minimum atomic E-state index is -2.56. The normalized spacial score (nSPS) is 47.1. The van der Waals surface area contributed by atoms with Gasteiger partial charge in [-0.25, -0.2) is 24.0 Å². The summed E-state index contributed by atoms with van der Waals surface area (Å²) in [5, 5.41) is 166. The van der Waals surface area contributed by atoms with E-state index in [1.807, 2.05) is 0 Å². The molecule has 32 nitrogen and oxygen atoms in total. The Morgan fingerprint density at radius 3 is 0.877 bits per heavy atom. The van der Waals surface area contributed by atoms with Crippen LogP contribution in [0.2, 0.25) is 0 Å². The Balaban J connectivity index is 1.29. The molecule has 5 fully saturated rings. The fourth-order valence-corrected chi connectivity index (χ4v) is 7.29. The van der Waals surface area contributed by atoms with Crippen LogP contribution in [0.15, 0.2) is 0 Å². The summed E-state index contributed by atoms with van der Waals surface area (Å²) in [6.07, 6.45) is -58.3. The Bertz CT molecular complexity index is 1680. The first kappa shape index (κ1) is 52.4. The lowest BCUT2D eigenvalue weighted by atomic mass is 9.95. The summed E-state index contributed by atoms with van der Waals surface area (Å²) in [6, 6.07) is 0. The second kappa shape index (κ2) is 21.6. The molecule has 0 radical (unpaired) electrons. The second-order valence-electron chi connectivity index (χ2n) is 15.1. The van der Waals surface area contributed by atoms with Gasteiger partial charge in [-0.15, -0.1) is 0 Å². The lowest BCUT2D eigenvalue weighted by Gasteiger charge is -2.48. The number of hydrogen-bond donors (Lipinski definition) is 17. The summed E-state index contributed by atoms with van der Waals surface area (Å²) in [5.74, 6) is -9.77. The number of aliphatic hydroxyl groups excluding tert-OH is 11. The van der Waals surface area contributed by atoms with E-state index >= 15 is 0 Å². The predicted octanol–water partition coefficient (Wildman–Crippen LogP) is -11.1. The molecule has 18 N–H and O–H groups in total. The molecule has 0 amide bonds. The Hall–Kier alpha value is -3.53. The number of ether oxygens (including phenoxy) is 10. The van der Waals surface area contributed by atoms with Gasteiger partial charge in [0.1, 0.15) is 91.6 Å². The van der Waals surface area contributed by atoms with Crippen molar-refractivity contribution < 1.29 is 153 Å². The van der Waals surface area contributed by atoms with Crippen molar-refractivity contribution in [3.63, 3.8) is 0 Å². The standard InChI is InChI=1S/C33H49NO31/c34-2-1-3-56-29-11(42)6(37)15(20(62-29)25(48)49)58-31-13(44)8(39)17(22(64-31)27(52)53)60-33-14(45)9(40)18(23(65-33)28(54)55)59-32-12(43)7(38)16(21(63-32)26(50)51)57-30-10(41)4(35)5(36)19(61-30)24(46)47/h4-23,29-33,35-45H,1-3,34H2,(H,46,47)(H,48,49)(H,50,51)(H,52,53)(H,54,55)/t4-,5-,6+,7+,8+,9+,10-,11-,12-,13-,14-,15-,16-,17-,18-,19-,20-,21-,22-,23-,29+,30+,31+,32+,33+/m0/s1. The molecule has 372 valence electrons. The van der Waals surface area contributed by atoms with Crippen LogP contribution in [-0.2, 0) is 71.3 Å². The van der Waals surface area contributed by atoms with Crippen molar-refractivity contribution in [3.05, 3.63) is 0 Å². The maximum atomic E-state index is 12.4. The molecule has 0 spiro atoms. The molecule has 0 aromatic carbocycles. The maximum absolute atomic E-state index is 12.4. The lowest BCUT2D eigenvalue weighted by molar-refractivity contribution is -0.383. The van der Waals surface area contributed by atoms with Crippen LogP contribution in [0, 0.1) is 0 Å². The quantitative estimate of drug-likeness (QED) is 0.0602. The number of nitrogens with two attached hydrogens (primary N) is 1. The molecule has 0 bridgehead atoms. The zero-order valence-electron chi connectivity index (χ0n) is 32.9. The van der Waals surface area contributed by atoms with Gasteiger partial charge in [0.15, 0.2) is 62.0 Å². The van der Waals surface area contributed by atoms with E-state index in [0.29, 0.717) is 0 Å². The predicted molar refractivity (Wildman–Crippen MR) is 187 cm³/mol. The van der Waals surface area contributed by atoms with E-state index in [-0.39, 0.29) is 19.6 Å². The molecular weight excluding hydrogens is 906 g/mol. The van der Waals surface area contributed by atoms with Crippen molar-refractivity contribution in [2.45, 2.75) is 160 Å². The summed E-state index contributed by atoms with van der Waals surface area (Å²) < 4.78 is 52.1. The number of carboxylic acid groups (broad SMARTS) is 5. The number of aliphatic hydroxyl groups is 11. The highest BCUT2D eigenvalue weighted by atomic mass is 16.8. The second-order valence-corrected chi connectivity index (χ2v) is 15.1. The van der Waals surface area contributed by atoms with Gasteiger partial charge < -0.3 is 135 Å². The SMILES string of the molecule is NCCCO[C@@H]1O[C@H](C(=O)O)[C@@H](O[C@@H]2O[C@H](C(=O)O)[C@@H](O[C@@H]3O[C@H](C(=O)O)[C@@H](O[C@@H]4O[C@H](C(=O)O)[C@@H](O[C@@H]5O[C@H](C(=O)O)[C@@H](O)[C@H](O)[C@@H]5O)[C@H](O)[C@@H]4O)[C@H](O)[C@@H]3O)[C@H](O)[C@@H]2O)[C@H](O)[C@@H]1O. The molecule has 5 aliphatic rings. The van der Waals surface area contributed by atoms with Gasteiger partial charge >= 0.3 is 29.8 Å². The topological polar surface area (TPSA) is 527 Å². The Morgan fingerprint density at radius 1 is 0.354 bits per heavy atom. The molecule has 0 saturated carbocycles. The molecule has 25 atom stereocenters. The van der Waals surface area contributed by atoms with Gasteiger partial charge in [-0.3, -0.25) is 0 Å². The van der Waals surface area contributed by atoms with Gasteiger partial charge in [0.05, 0.1) is 6.61 Å². The average Bonchev–Trinajstić information content (AvgIpc) is 3.24. The number of hydrogen-bond acceptors (Lipinski definition) is 27. The highest BCUT2D eigenvalue weighted by molar-refractivity contribution is 5.75. The van der Waals surface area contributed by atoms with E-state index in [9.17, 15) is 106 Å². The van der Waals surface area contributed by atoms with Crippen LogP contribution in [0.5, 0.6) is 0 Å². The number of rotatable bonds is 17. The zero-order valence-corrected chi connectivity index (χ0v) is 32.9. The van der Waals surface area contributed by atoms with Crippen LogP contribution in [0.3, 0.4) is 0 Å². The summed E-state index contributed by atoms with van der Waals surface area (Å²) in [4.78, 5) is 60.6. The minimum Gasteiger partial charge on any atom is -0.479 e. The van der Waals surface area contributed by atoms with Crippen LogP contribution in [0.1, 0.15) is 6.42 Å². The van der Waals surface area contributed by atoms with Crippen molar-refractivity contribution in [1.29, 1.82) is 0 Å². The number of carbonyl (C=O) groups is 5. The van der Waals surface area contributed by atoms with Crippen LogP contribution >= 0.6 is 0 Å². The van der Waals surface area contributed by atoms with E-state index in [1.54, 1.807) is 0 Å². The van der Waals surface area contributed by atoms with Crippen molar-refractivity contribution in [3.8, 4) is 0 Å². The van der Waals surface area contributed by atoms with Gasteiger partial charge in [-0.05, 0) is 13.0 Å². The Kier molecular flexibility index (Phi) is 17.4. The summed E-state index contributed by atoms with van der Waals surface area (Å²) in [5.41, 5.74) is 5.37. The van der Waals surface area contributed by atoms with Gasteiger partial charge in [-0.2, -0.15) is 0 Å². The van der Waals surface area contributed by atoms with Crippen LogP contribution in [0.25, 0.3) is 0 Å². The summed E-state index contributed by atoms with van der Waals surface area (Å²) >= 11 is 0. The van der Waals surface area contributed by atoms with Crippen molar-refractivity contribution in [2.75, 3.05) is 13.2 Å². The molecular formula is C33H49NO31. The average molecular weight is 956 g/mol. The van der Waals surface area contributed by atoms with Gasteiger partial charge in [0.25, 0.3) is 0 Å². The van der Waals surface area contributed by atoms with Gasteiger partial charge in [-0.1, -0.05) is 0 Å². The van der Waals surface area contributed by atoms with Gasteiger partial charge in [0.2, 0.25) is 0 Å². The molecule has 0 unspecified atom stereocenters. The highest BCUT2D eigenvalue weighted by Gasteiger charge is 2.59. The Labute approximate surface area is 361 Å². The smallest absolute Gasteiger partial charge is 0.335 e. The van der Waals surface area contributed by atoms with E-state index < -0.39 is 183 Å². The van der Waals surface area contributed by atoms with Crippen LogP contribution < -0.4 is 5.73 Å². The van der Waals surface area contributed by atoms with Crippen molar-refractivity contribution in [1.82, 2.24) is 0 Å². The third-order valence-electron chi connectivity index (χ3n) is 10.8. The fraction of sp³-hybridized carbons (Fsp3) is 0.848. The summed E-state index contributed by atoms with van der Waals surface area (Å²) in [6.45, 7) is -0.0120. The molecule has 5 aliphatic heterocycles. The maximum Gasteiger partial charge on any atom is 0.335 e. The molecule has 5 saturated heterocycles. The number of carboxylic acids is 5. The first-order chi connectivity index (χ1) is 30.4. The van der Waals surface area contributed by atoms with Crippen molar-refractivity contribution >= 4 is 29.8 Å². The first-order valence-electron chi connectivity index (χ1n) is 19.3. The monoisotopic (exact) mass is 955 g/mol. The molecule has 32 heteroatoms. The molecule has 5 heterocycles. The summed E-state index contributed by atoms with van der Waals surface area (Å²) in [7, 11) is 0. The van der Waals surface area contributed by atoms with Crippen molar-refractivity contribution in [2.24, 2.45) is 5.73 Å². The number of aliphatic carboxylic acids is 5. The molecule has 0 aromatic rings. The zero-order chi connectivity index (χ0) is 48.5. The largest absolute Gasteiger partial charge is 0.479 e. The van der Waals surface area contributed by atoms with E-state index in [1.165, 1.54) is 0 Å². The van der Waals surface area contributed by atoms with E-state index in [4.69, 9.17) is 53.1 Å². The van der Waals surface area contributed by atoms with Crippen LogP contribution in [-0.4, -0.2) is 278 Å². The third-order valence-corrected chi connectivity index (χ3v) is 10.8. The van der Waals surface area contributed by atoms with E-state index in [2.05, 4.69) is 0 Å². The van der Waals surface area contributed by atoms with Gasteiger partial charge in [0, 0.05) is 0 Å². The lowest BCUT2D eigenvalue weighted by Crippen LogP contribution is -2.69. The van der Waals surface area contributed by atoms with Crippen LogP contribution in [0.4, 0.5) is 0 Å². The highest BCUT2D eigenvalue weighted by Crippen LogP contribution is 2.36. The van der Waals surface area contributed by atoms with E-state index in [0.717, 1.165) is 0 Å².